The Morgan fingerprint density at radius 2 is 2.00 bits per heavy atom. The Morgan fingerprint density at radius 1 is 1.23 bits per heavy atom. The average Bonchev–Trinajstić information content (AvgIpc) is 2.73. The molecule has 0 aliphatic carbocycles. The number of nitrogens with zero attached hydrogens (tertiary/aromatic N) is 1. The van der Waals surface area contributed by atoms with Crippen molar-refractivity contribution < 1.29 is 24.0 Å². The van der Waals surface area contributed by atoms with Gasteiger partial charge in [-0.05, 0) is 37.6 Å². The van der Waals surface area contributed by atoms with Gasteiger partial charge >= 0.3 is 6.03 Å². The van der Waals surface area contributed by atoms with E-state index in [4.69, 9.17) is 9.47 Å². The first kappa shape index (κ1) is 21.6. The zero-order valence-corrected chi connectivity index (χ0v) is 17.2. The van der Waals surface area contributed by atoms with Gasteiger partial charge in [0.25, 0.3) is 11.6 Å². The number of amides is 3. The van der Waals surface area contributed by atoms with E-state index < -0.39 is 22.9 Å². The summed E-state index contributed by atoms with van der Waals surface area (Å²) in [6, 6.07) is 9.52. The number of non-ortho nitro benzene ring substituents is 1. The van der Waals surface area contributed by atoms with Gasteiger partial charge in [-0.3, -0.25) is 14.9 Å². The maximum absolute atomic E-state index is 13.1. The number of hydrogen-bond acceptors (Lipinski definition) is 6. The summed E-state index contributed by atoms with van der Waals surface area (Å²) in [7, 11) is 1.50. The molecule has 2 aromatic carbocycles. The minimum absolute atomic E-state index is 0.147. The fourth-order valence-electron chi connectivity index (χ4n) is 3.28. The van der Waals surface area contributed by atoms with Gasteiger partial charge in [0, 0.05) is 23.5 Å². The Labute approximate surface area is 178 Å². The fraction of sp³-hybridized carbons (Fsp3) is 0.238. The monoisotopic (exact) mass is 426 g/mol. The molecule has 3 rings (SSSR count). The standard InChI is InChI=1S/C21H22N4O6/c1-4-31-16-9-8-13(10-17(16)30-3)19-18(12(2)22-21(27)24-19)20(26)23-14-6-5-7-15(11-14)25(28)29/h5-11,19H,4H2,1-3H3,(H,23,26)(H2,22,24,27)/t19-/m1/s1. The number of urea groups is 1. The highest BCUT2D eigenvalue weighted by atomic mass is 16.6. The van der Waals surface area contributed by atoms with E-state index in [1.54, 1.807) is 31.2 Å². The van der Waals surface area contributed by atoms with Crippen molar-refractivity contribution in [3.63, 3.8) is 0 Å². The Kier molecular flexibility index (Phi) is 6.39. The molecular formula is C21H22N4O6. The van der Waals surface area contributed by atoms with Crippen LogP contribution in [0.3, 0.4) is 0 Å². The van der Waals surface area contributed by atoms with Crippen molar-refractivity contribution in [3.8, 4) is 11.5 Å². The van der Waals surface area contributed by atoms with E-state index in [0.717, 1.165) is 0 Å². The molecule has 3 N–H and O–H groups in total. The van der Waals surface area contributed by atoms with E-state index in [1.165, 1.54) is 25.3 Å². The molecule has 31 heavy (non-hydrogen) atoms. The molecule has 0 fully saturated rings. The lowest BCUT2D eigenvalue weighted by Gasteiger charge is -2.29. The van der Waals surface area contributed by atoms with Crippen molar-refractivity contribution >= 4 is 23.3 Å². The molecule has 3 amide bonds. The Balaban J connectivity index is 1.96. The second-order valence-corrected chi connectivity index (χ2v) is 6.68. The van der Waals surface area contributed by atoms with E-state index in [9.17, 15) is 19.7 Å². The lowest BCUT2D eigenvalue weighted by atomic mass is 9.94. The first-order valence-electron chi connectivity index (χ1n) is 9.48. The molecule has 162 valence electrons. The molecule has 10 heteroatoms. The number of nitro groups is 1. The molecule has 1 atom stereocenters. The van der Waals surface area contributed by atoms with Gasteiger partial charge in [0.05, 0.1) is 30.3 Å². The van der Waals surface area contributed by atoms with E-state index in [1.807, 2.05) is 6.92 Å². The third-order valence-electron chi connectivity index (χ3n) is 4.65. The lowest BCUT2D eigenvalue weighted by molar-refractivity contribution is -0.384. The molecule has 1 aliphatic heterocycles. The number of carbonyl (C=O) groups is 2. The van der Waals surface area contributed by atoms with Crippen LogP contribution in [0.1, 0.15) is 25.5 Å². The second-order valence-electron chi connectivity index (χ2n) is 6.68. The highest BCUT2D eigenvalue weighted by Gasteiger charge is 2.32. The normalized spacial score (nSPS) is 15.6. The van der Waals surface area contributed by atoms with Crippen molar-refractivity contribution in [1.29, 1.82) is 0 Å². The first-order valence-corrected chi connectivity index (χ1v) is 9.48. The molecule has 1 heterocycles. The number of nitrogens with one attached hydrogen (secondary N) is 3. The molecule has 2 aromatic rings. The number of benzene rings is 2. The lowest BCUT2D eigenvalue weighted by Crippen LogP contribution is -2.46. The number of anilines is 1. The van der Waals surface area contributed by atoms with Gasteiger partial charge in [0.1, 0.15) is 0 Å². The molecule has 0 bridgehead atoms. The van der Waals surface area contributed by atoms with E-state index in [0.29, 0.717) is 29.4 Å². The summed E-state index contributed by atoms with van der Waals surface area (Å²) in [6.07, 6.45) is 0. The van der Waals surface area contributed by atoms with E-state index in [-0.39, 0.29) is 16.9 Å². The summed E-state index contributed by atoms with van der Waals surface area (Å²) in [5.41, 5.74) is 1.35. The number of rotatable bonds is 7. The molecule has 0 saturated carbocycles. The minimum atomic E-state index is -0.767. The van der Waals surface area contributed by atoms with Crippen LogP contribution in [0, 0.1) is 10.1 Å². The van der Waals surface area contributed by atoms with Crippen molar-refractivity contribution in [3.05, 3.63) is 69.4 Å². The summed E-state index contributed by atoms with van der Waals surface area (Å²) in [4.78, 5) is 35.7. The number of methoxy groups -OCH3 is 1. The van der Waals surface area contributed by atoms with Crippen molar-refractivity contribution in [2.24, 2.45) is 0 Å². The topological polar surface area (TPSA) is 132 Å². The molecule has 1 aliphatic rings. The van der Waals surface area contributed by atoms with Crippen molar-refractivity contribution in [1.82, 2.24) is 10.6 Å². The molecular weight excluding hydrogens is 404 g/mol. The zero-order chi connectivity index (χ0) is 22.5. The van der Waals surface area contributed by atoms with Crippen LogP contribution in [-0.4, -0.2) is 30.6 Å². The molecule has 0 aromatic heterocycles. The Morgan fingerprint density at radius 3 is 2.68 bits per heavy atom. The number of nitro benzene ring substituents is 1. The fourth-order valence-corrected chi connectivity index (χ4v) is 3.28. The molecule has 0 radical (unpaired) electrons. The summed E-state index contributed by atoms with van der Waals surface area (Å²) >= 11 is 0. The average molecular weight is 426 g/mol. The van der Waals surface area contributed by atoms with Crippen LogP contribution in [0.15, 0.2) is 53.7 Å². The van der Waals surface area contributed by atoms with Crippen LogP contribution >= 0.6 is 0 Å². The Hall–Kier alpha value is -4.08. The Bertz CT molecular complexity index is 1070. The number of carbonyl (C=O) groups excluding carboxylic acids is 2. The number of ether oxygens (including phenoxy) is 2. The predicted octanol–water partition coefficient (Wildman–Crippen LogP) is 3.27. The number of hydrogen-bond donors (Lipinski definition) is 3. The van der Waals surface area contributed by atoms with Crippen LogP contribution in [0.25, 0.3) is 0 Å². The van der Waals surface area contributed by atoms with Crippen LogP contribution in [0.5, 0.6) is 11.5 Å². The van der Waals surface area contributed by atoms with Crippen LogP contribution in [0.4, 0.5) is 16.2 Å². The molecule has 0 spiro atoms. The third-order valence-corrected chi connectivity index (χ3v) is 4.65. The van der Waals surface area contributed by atoms with Crippen molar-refractivity contribution in [2.45, 2.75) is 19.9 Å². The maximum Gasteiger partial charge on any atom is 0.319 e. The minimum Gasteiger partial charge on any atom is -0.493 e. The molecule has 10 nitrogen and oxygen atoms in total. The van der Waals surface area contributed by atoms with Gasteiger partial charge in [0.2, 0.25) is 0 Å². The van der Waals surface area contributed by atoms with E-state index in [2.05, 4.69) is 16.0 Å². The molecule has 0 saturated heterocycles. The zero-order valence-electron chi connectivity index (χ0n) is 17.2. The summed E-state index contributed by atoms with van der Waals surface area (Å²) < 4.78 is 10.9. The number of allylic oxidation sites excluding steroid dienone is 1. The summed E-state index contributed by atoms with van der Waals surface area (Å²) in [6.45, 7) is 3.92. The maximum atomic E-state index is 13.1. The SMILES string of the molecule is CCOc1ccc([C@H]2NC(=O)NC(C)=C2C(=O)Nc2cccc([N+](=O)[O-])c2)cc1OC. The molecule has 0 unspecified atom stereocenters. The van der Waals surface area contributed by atoms with Gasteiger partial charge in [-0.1, -0.05) is 12.1 Å². The first-order chi connectivity index (χ1) is 14.8. The largest absolute Gasteiger partial charge is 0.493 e. The third kappa shape index (κ3) is 4.74. The summed E-state index contributed by atoms with van der Waals surface area (Å²) in [5.74, 6) is 0.490. The van der Waals surface area contributed by atoms with Crippen LogP contribution < -0.4 is 25.4 Å². The second kappa shape index (κ2) is 9.16. The quantitative estimate of drug-likeness (QED) is 0.460. The van der Waals surface area contributed by atoms with Gasteiger partial charge in [-0.25, -0.2) is 4.79 Å². The van der Waals surface area contributed by atoms with Gasteiger partial charge in [-0.2, -0.15) is 0 Å². The van der Waals surface area contributed by atoms with Crippen LogP contribution in [0.2, 0.25) is 0 Å². The predicted molar refractivity (Wildman–Crippen MR) is 113 cm³/mol. The smallest absolute Gasteiger partial charge is 0.319 e. The van der Waals surface area contributed by atoms with Gasteiger partial charge < -0.3 is 25.4 Å². The van der Waals surface area contributed by atoms with E-state index >= 15 is 0 Å². The van der Waals surface area contributed by atoms with Gasteiger partial charge in [0.15, 0.2) is 11.5 Å². The highest BCUT2D eigenvalue weighted by Crippen LogP contribution is 2.34. The van der Waals surface area contributed by atoms with Gasteiger partial charge in [-0.15, -0.1) is 0 Å². The highest BCUT2D eigenvalue weighted by molar-refractivity contribution is 6.06. The van der Waals surface area contributed by atoms with Crippen molar-refractivity contribution in [2.75, 3.05) is 19.0 Å². The summed E-state index contributed by atoms with van der Waals surface area (Å²) in [5, 5.41) is 19.0. The van der Waals surface area contributed by atoms with Crippen LogP contribution in [-0.2, 0) is 4.79 Å².